The highest BCUT2D eigenvalue weighted by Crippen LogP contribution is 2.57. The maximum absolute atomic E-state index is 12.0. The Balaban J connectivity index is 1.99. The second-order valence-corrected chi connectivity index (χ2v) is 8.66. The van der Waals surface area contributed by atoms with Gasteiger partial charge in [-0.15, -0.1) is 0 Å². The molecule has 2 unspecified atom stereocenters. The first-order chi connectivity index (χ1) is 13.2. The summed E-state index contributed by atoms with van der Waals surface area (Å²) < 4.78 is 5.78. The largest absolute Gasteiger partial charge is 0.479 e. The van der Waals surface area contributed by atoms with E-state index in [0.29, 0.717) is 24.4 Å². The second-order valence-electron chi connectivity index (χ2n) is 7.91. The third-order valence-electron chi connectivity index (χ3n) is 5.84. The summed E-state index contributed by atoms with van der Waals surface area (Å²) >= 11 is 13.1. The van der Waals surface area contributed by atoms with Crippen LogP contribution in [0.2, 0.25) is 10.0 Å². The zero-order valence-electron chi connectivity index (χ0n) is 16.3. The van der Waals surface area contributed by atoms with E-state index in [1.807, 2.05) is 19.0 Å². The summed E-state index contributed by atoms with van der Waals surface area (Å²) in [7, 11) is 3.75. The van der Waals surface area contributed by atoms with E-state index in [1.54, 1.807) is 12.1 Å². The Morgan fingerprint density at radius 3 is 2.68 bits per heavy atom. The van der Waals surface area contributed by atoms with E-state index in [1.165, 1.54) is 0 Å². The van der Waals surface area contributed by atoms with Crippen molar-refractivity contribution in [2.45, 2.75) is 45.1 Å². The van der Waals surface area contributed by atoms with Gasteiger partial charge in [-0.2, -0.15) is 0 Å². The average Bonchev–Trinajstić information content (AvgIpc) is 2.96. The Hall–Kier alpha value is -1.56. The summed E-state index contributed by atoms with van der Waals surface area (Å²) in [5.74, 6) is -0.649. The summed E-state index contributed by atoms with van der Waals surface area (Å²) in [6, 6.07) is 1.80. The molecule has 5 nitrogen and oxygen atoms in total. The van der Waals surface area contributed by atoms with Gasteiger partial charge >= 0.3 is 5.97 Å². The molecule has 0 aliphatic heterocycles. The van der Waals surface area contributed by atoms with Crippen molar-refractivity contribution in [2.75, 3.05) is 20.6 Å². The quantitative estimate of drug-likeness (QED) is 0.697. The number of carboxylic acid groups (broad SMARTS) is 1. The molecular weight excluding hydrogens is 401 g/mol. The van der Waals surface area contributed by atoms with Crippen LogP contribution in [0.5, 0.6) is 5.75 Å². The van der Waals surface area contributed by atoms with Crippen LogP contribution in [-0.4, -0.2) is 48.5 Å². The zero-order chi connectivity index (χ0) is 20.6. The Kier molecular flexibility index (Phi) is 6.08. The minimum absolute atomic E-state index is 0.106. The summed E-state index contributed by atoms with van der Waals surface area (Å²) in [6.07, 6.45) is 3.98. The molecule has 2 aliphatic rings. The summed E-state index contributed by atoms with van der Waals surface area (Å²) in [6.45, 7) is 2.69. The number of ketones is 1. The predicted molar refractivity (Wildman–Crippen MR) is 110 cm³/mol. The van der Waals surface area contributed by atoms with Crippen molar-refractivity contribution in [1.82, 2.24) is 4.90 Å². The number of halogens is 2. The van der Waals surface area contributed by atoms with Crippen molar-refractivity contribution in [3.63, 3.8) is 0 Å². The van der Waals surface area contributed by atoms with Gasteiger partial charge in [-0.05, 0) is 56.6 Å². The van der Waals surface area contributed by atoms with Gasteiger partial charge in [0.2, 0.25) is 0 Å². The van der Waals surface area contributed by atoms with Gasteiger partial charge in [0, 0.05) is 30.4 Å². The normalized spacial score (nSPS) is 21.9. The third kappa shape index (κ3) is 3.80. The Morgan fingerprint density at radius 1 is 1.36 bits per heavy atom. The van der Waals surface area contributed by atoms with Gasteiger partial charge in [0.05, 0.1) is 5.02 Å². The monoisotopic (exact) mass is 425 g/mol. The molecule has 2 aliphatic carbocycles. The van der Waals surface area contributed by atoms with Gasteiger partial charge in [-0.3, -0.25) is 4.79 Å². The summed E-state index contributed by atoms with van der Waals surface area (Å²) in [5, 5.41) is 10.0. The summed E-state index contributed by atoms with van der Waals surface area (Å²) in [4.78, 5) is 25.6. The molecule has 3 rings (SSSR count). The molecule has 0 fully saturated rings. The van der Waals surface area contributed by atoms with E-state index in [0.717, 1.165) is 36.0 Å². The van der Waals surface area contributed by atoms with Gasteiger partial charge in [0.25, 0.3) is 0 Å². The van der Waals surface area contributed by atoms with Gasteiger partial charge in [0.15, 0.2) is 11.9 Å². The maximum Gasteiger partial charge on any atom is 0.344 e. The minimum Gasteiger partial charge on any atom is -0.479 e. The lowest BCUT2D eigenvalue weighted by Gasteiger charge is -2.32. The number of carboxylic acids is 1. The predicted octanol–water partition coefficient (Wildman–Crippen LogP) is 4.48. The molecule has 0 heterocycles. The molecule has 0 bridgehead atoms. The number of ether oxygens (including phenoxy) is 1. The molecule has 0 amide bonds. The van der Waals surface area contributed by atoms with Crippen LogP contribution >= 0.6 is 23.2 Å². The van der Waals surface area contributed by atoms with Gasteiger partial charge in [-0.1, -0.05) is 30.1 Å². The zero-order valence-corrected chi connectivity index (χ0v) is 17.9. The van der Waals surface area contributed by atoms with E-state index in [2.05, 4.69) is 6.92 Å². The highest BCUT2D eigenvalue weighted by Gasteiger charge is 2.44. The first kappa shape index (κ1) is 21.2. The number of hydrogen-bond acceptors (Lipinski definition) is 4. The molecule has 0 saturated carbocycles. The van der Waals surface area contributed by atoms with Gasteiger partial charge in [-0.25, -0.2) is 4.79 Å². The van der Waals surface area contributed by atoms with Gasteiger partial charge < -0.3 is 14.7 Å². The van der Waals surface area contributed by atoms with Crippen LogP contribution in [0.1, 0.15) is 43.7 Å². The number of benzene rings is 1. The fraction of sp³-hybridized carbons (Fsp3) is 0.524. The fourth-order valence-corrected chi connectivity index (χ4v) is 4.70. The molecule has 152 valence electrons. The molecular formula is C21H25Cl2NO4. The number of carbonyl (C=O) groups excluding carboxylic acids is 1. The fourth-order valence-electron chi connectivity index (χ4n) is 4.19. The number of hydrogen-bond donors (Lipinski definition) is 1. The Bertz CT molecular complexity index is 849. The lowest BCUT2D eigenvalue weighted by atomic mass is 9.71. The van der Waals surface area contributed by atoms with Crippen LogP contribution in [0.4, 0.5) is 0 Å². The number of aliphatic carboxylic acids is 1. The molecule has 0 radical (unpaired) electrons. The topological polar surface area (TPSA) is 66.8 Å². The molecule has 0 saturated heterocycles. The van der Waals surface area contributed by atoms with E-state index >= 15 is 0 Å². The highest BCUT2D eigenvalue weighted by atomic mass is 35.5. The standard InChI is InChI=1S/C21H25Cl2NO4/c1-4-21-7-5-13(25)10-14(21)17-12(11-21)9-16(18(22)19(17)23)28-15(20(26)27)6-8-24(2)3/h9-10,15H,4-8,11H2,1-3H3,(H,26,27). The molecule has 1 aromatic rings. The van der Waals surface area contributed by atoms with Crippen molar-refractivity contribution in [3.8, 4) is 5.75 Å². The maximum atomic E-state index is 12.0. The second kappa shape index (κ2) is 8.05. The van der Waals surface area contributed by atoms with Crippen LogP contribution in [-0.2, 0) is 16.0 Å². The molecule has 0 spiro atoms. The number of carbonyl (C=O) groups is 2. The number of nitrogens with zero attached hydrogens (tertiary/aromatic N) is 1. The molecule has 2 atom stereocenters. The molecule has 1 N–H and O–H groups in total. The lowest BCUT2D eigenvalue weighted by molar-refractivity contribution is -0.145. The van der Waals surface area contributed by atoms with Crippen LogP contribution < -0.4 is 4.74 Å². The van der Waals surface area contributed by atoms with Crippen molar-refractivity contribution >= 4 is 40.5 Å². The molecule has 0 aromatic heterocycles. The first-order valence-electron chi connectivity index (χ1n) is 9.49. The van der Waals surface area contributed by atoms with Gasteiger partial charge in [0.1, 0.15) is 10.8 Å². The minimum atomic E-state index is -1.04. The van der Waals surface area contributed by atoms with Crippen LogP contribution in [0.3, 0.4) is 0 Å². The van der Waals surface area contributed by atoms with Crippen molar-refractivity contribution in [2.24, 2.45) is 5.41 Å². The number of allylic oxidation sites excluding steroid dienone is 2. The smallest absolute Gasteiger partial charge is 0.344 e. The van der Waals surface area contributed by atoms with Crippen molar-refractivity contribution in [1.29, 1.82) is 0 Å². The van der Waals surface area contributed by atoms with E-state index in [-0.39, 0.29) is 22.0 Å². The van der Waals surface area contributed by atoms with E-state index in [9.17, 15) is 14.7 Å². The summed E-state index contributed by atoms with van der Waals surface area (Å²) in [5.41, 5.74) is 2.62. The van der Waals surface area contributed by atoms with E-state index < -0.39 is 12.1 Å². The van der Waals surface area contributed by atoms with Crippen molar-refractivity contribution in [3.05, 3.63) is 33.3 Å². The van der Waals surface area contributed by atoms with Crippen molar-refractivity contribution < 1.29 is 19.4 Å². The molecule has 7 heteroatoms. The van der Waals surface area contributed by atoms with Crippen LogP contribution in [0, 0.1) is 5.41 Å². The van der Waals surface area contributed by atoms with Crippen LogP contribution in [0.15, 0.2) is 12.1 Å². The SMILES string of the molecule is CCC12CCC(=O)C=C1c1c(cc(OC(CCN(C)C)C(=O)O)c(Cl)c1Cl)C2. The third-order valence-corrected chi connectivity index (χ3v) is 6.69. The number of fused-ring (bicyclic) bond motifs is 3. The highest BCUT2D eigenvalue weighted by molar-refractivity contribution is 6.44. The number of rotatable bonds is 7. The lowest BCUT2D eigenvalue weighted by Crippen LogP contribution is -2.31. The Morgan fingerprint density at radius 2 is 2.07 bits per heavy atom. The molecule has 1 aromatic carbocycles. The Labute approximate surface area is 175 Å². The molecule has 28 heavy (non-hydrogen) atoms. The first-order valence-corrected chi connectivity index (χ1v) is 10.2. The van der Waals surface area contributed by atoms with Crippen LogP contribution in [0.25, 0.3) is 5.57 Å². The average molecular weight is 426 g/mol. The van der Waals surface area contributed by atoms with E-state index in [4.69, 9.17) is 27.9 Å².